The summed E-state index contributed by atoms with van der Waals surface area (Å²) in [5.41, 5.74) is 0.775. The Kier molecular flexibility index (Phi) is 5.26. The predicted molar refractivity (Wildman–Crippen MR) is 87.5 cm³/mol. The Labute approximate surface area is 146 Å². The summed E-state index contributed by atoms with van der Waals surface area (Å²) in [7, 11) is 1.54. The molecule has 2 aromatic rings. The van der Waals surface area contributed by atoms with Gasteiger partial charge in [-0.05, 0) is 22.0 Å². The maximum atomic E-state index is 12.2. The molecule has 3 rings (SSSR count). The molecule has 0 unspecified atom stereocenters. The smallest absolute Gasteiger partial charge is 0.315 e. The lowest BCUT2D eigenvalue weighted by atomic mass is 10.2. The molecule has 128 valence electrons. The van der Waals surface area contributed by atoms with E-state index in [4.69, 9.17) is 9.47 Å². The number of methoxy groups -OCH3 is 1. The van der Waals surface area contributed by atoms with Gasteiger partial charge in [0.15, 0.2) is 0 Å². The second-order valence-electron chi connectivity index (χ2n) is 5.24. The molecule has 9 nitrogen and oxygen atoms in total. The van der Waals surface area contributed by atoms with Crippen LogP contribution >= 0.6 is 15.9 Å². The number of urea groups is 1. The molecular weight excluding hydrogens is 380 g/mol. The highest BCUT2D eigenvalue weighted by molar-refractivity contribution is 9.10. The molecule has 2 atom stereocenters. The van der Waals surface area contributed by atoms with E-state index in [1.807, 2.05) is 6.07 Å². The van der Waals surface area contributed by atoms with Crippen LogP contribution in [0.15, 0.2) is 29.1 Å². The fourth-order valence-electron chi connectivity index (χ4n) is 2.51. The summed E-state index contributed by atoms with van der Waals surface area (Å²) < 4.78 is 13.1. The predicted octanol–water partition coefficient (Wildman–Crippen LogP) is 0.883. The van der Waals surface area contributed by atoms with E-state index in [1.165, 1.54) is 0 Å². The zero-order valence-corrected chi connectivity index (χ0v) is 14.6. The number of ether oxygens (including phenoxy) is 2. The van der Waals surface area contributed by atoms with Gasteiger partial charge in [-0.25, -0.2) is 14.5 Å². The first-order chi connectivity index (χ1) is 11.7. The van der Waals surface area contributed by atoms with E-state index < -0.39 is 0 Å². The van der Waals surface area contributed by atoms with Gasteiger partial charge in [-0.2, -0.15) is 0 Å². The van der Waals surface area contributed by atoms with E-state index in [9.17, 15) is 4.79 Å². The third-order valence-electron chi connectivity index (χ3n) is 3.67. The standard InChI is InChI=1S/C14H17BrN6O3/c1-23-13-9(4-10(15)6-16-13)5-17-14(22)19-11-7-24-8-12(11)21-3-2-18-20-21/h2-4,6,11-12H,5,7-8H2,1H3,(H2,17,19,22)/t11-,12+/m0/s1. The van der Waals surface area contributed by atoms with Crippen LogP contribution in [-0.2, 0) is 11.3 Å². The van der Waals surface area contributed by atoms with Gasteiger partial charge in [-0.3, -0.25) is 0 Å². The van der Waals surface area contributed by atoms with E-state index in [0.29, 0.717) is 25.6 Å². The lowest BCUT2D eigenvalue weighted by Crippen LogP contribution is -2.45. The molecule has 24 heavy (non-hydrogen) atoms. The largest absolute Gasteiger partial charge is 0.481 e. The van der Waals surface area contributed by atoms with E-state index in [-0.39, 0.29) is 18.1 Å². The monoisotopic (exact) mass is 396 g/mol. The molecule has 0 radical (unpaired) electrons. The number of rotatable bonds is 5. The van der Waals surface area contributed by atoms with Gasteiger partial charge in [0.2, 0.25) is 5.88 Å². The Morgan fingerprint density at radius 1 is 1.54 bits per heavy atom. The lowest BCUT2D eigenvalue weighted by molar-refractivity contribution is 0.181. The second-order valence-corrected chi connectivity index (χ2v) is 6.16. The molecule has 0 bridgehead atoms. The summed E-state index contributed by atoms with van der Waals surface area (Å²) in [5, 5.41) is 13.5. The van der Waals surface area contributed by atoms with Crippen molar-refractivity contribution in [3.05, 3.63) is 34.7 Å². The van der Waals surface area contributed by atoms with E-state index in [2.05, 4.69) is 41.9 Å². The van der Waals surface area contributed by atoms with Gasteiger partial charge < -0.3 is 20.1 Å². The molecule has 1 aliphatic rings. The maximum absolute atomic E-state index is 12.2. The van der Waals surface area contributed by atoms with Crippen LogP contribution in [-0.4, -0.2) is 52.4 Å². The molecule has 0 saturated carbocycles. The number of aromatic nitrogens is 4. The van der Waals surface area contributed by atoms with E-state index in [0.717, 1.165) is 10.0 Å². The normalized spacial score (nSPS) is 19.9. The number of carbonyl (C=O) groups excluding carboxylic acids is 1. The Balaban J connectivity index is 1.57. The van der Waals surface area contributed by atoms with Crippen molar-refractivity contribution in [2.75, 3.05) is 20.3 Å². The van der Waals surface area contributed by atoms with Crippen LogP contribution in [0.2, 0.25) is 0 Å². The van der Waals surface area contributed by atoms with Crippen LogP contribution in [0.5, 0.6) is 5.88 Å². The van der Waals surface area contributed by atoms with Gasteiger partial charge in [-0.1, -0.05) is 5.21 Å². The van der Waals surface area contributed by atoms with Crippen molar-refractivity contribution < 1.29 is 14.3 Å². The van der Waals surface area contributed by atoms with Crippen LogP contribution in [0, 0.1) is 0 Å². The molecule has 3 heterocycles. The summed E-state index contributed by atoms with van der Waals surface area (Å²) >= 11 is 3.35. The molecule has 2 N–H and O–H groups in total. The lowest BCUT2D eigenvalue weighted by Gasteiger charge is -2.19. The minimum atomic E-state index is -0.294. The van der Waals surface area contributed by atoms with Crippen molar-refractivity contribution in [2.45, 2.75) is 18.6 Å². The summed E-state index contributed by atoms with van der Waals surface area (Å²) in [5.74, 6) is 0.475. The number of carbonyl (C=O) groups is 1. The number of hydrogen-bond acceptors (Lipinski definition) is 6. The highest BCUT2D eigenvalue weighted by Crippen LogP contribution is 2.20. The average molecular weight is 397 g/mol. The Morgan fingerprint density at radius 3 is 3.17 bits per heavy atom. The minimum Gasteiger partial charge on any atom is -0.481 e. The number of hydrogen-bond donors (Lipinski definition) is 2. The average Bonchev–Trinajstić information content (AvgIpc) is 3.24. The van der Waals surface area contributed by atoms with Gasteiger partial charge in [0, 0.05) is 29.0 Å². The van der Waals surface area contributed by atoms with Crippen LogP contribution < -0.4 is 15.4 Å². The first kappa shape index (κ1) is 16.7. The van der Waals surface area contributed by atoms with Crippen LogP contribution in [0.25, 0.3) is 0 Å². The Hall–Kier alpha value is -2.20. The molecule has 2 amide bonds. The fraction of sp³-hybridized carbons (Fsp3) is 0.429. The third kappa shape index (κ3) is 3.82. The zero-order valence-electron chi connectivity index (χ0n) is 13.0. The second kappa shape index (κ2) is 7.58. The fourth-order valence-corrected chi connectivity index (χ4v) is 2.89. The topological polar surface area (TPSA) is 103 Å². The highest BCUT2D eigenvalue weighted by atomic mass is 79.9. The third-order valence-corrected chi connectivity index (χ3v) is 4.11. The summed E-state index contributed by atoms with van der Waals surface area (Å²) in [6.45, 7) is 1.21. The highest BCUT2D eigenvalue weighted by Gasteiger charge is 2.31. The van der Waals surface area contributed by atoms with Gasteiger partial charge >= 0.3 is 6.03 Å². The molecular formula is C14H17BrN6O3. The summed E-state index contributed by atoms with van der Waals surface area (Å²) in [6, 6.07) is 1.32. The Bertz CT molecular complexity index is 696. The number of amides is 2. The van der Waals surface area contributed by atoms with E-state index >= 15 is 0 Å². The van der Waals surface area contributed by atoms with Gasteiger partial charge in [-0.15, -0.1) is 5.10 Å². The van der Waals surface area contributed by atoms with E-state index in [1.54, 1.807) is 30.4 Å². The van der Waals surface area contributed by atoms with Crippen LogP contribution in [0.3, 0.4) is 0 Å². The van der Waals surface area contributed by atoms with Crippen LogP contribution in [0.4, 0.5) is 4.79 Å². The first-order valence-electron chi connectivity index (χ1n) is 7.33. The number of nitrogens with zero attached hydrogens (tertiary/aromatic N) is 4. The number of pyridine rings is 1. The zero-order chi connectivity index (χ0) is 16.9. The molecule has 0 aliphatic carbocycles. The van der Waals surface area contributed by atoms with Crippen molar-refractivity contribution in [2.24, 2.45) is 0 Å². The number of nitrogens with one attached hydrogen (secondary N) is 2. The molecule has 1 aliphatic heterocycles. The number of halogens is 1. The molecule has 1 saturated heterocycles. The van der Waals surface area contributed by atoms with Gasteiger partial charge in [0.1, 0.15) is 0 Å². The minimum absolute atomic E-state index is 0.0691. The van der Waals surface area contributed by atoms with Crippen molar-refractivity contribution in [1.29, 1.82) is 0 Å². The van der Waals surface area contributed by atoms with Gasteiger partial charge in [0.25, 0.3) is 0 Å². The van der Waals surface area contributed by atoms with Gasteiger partial charge in [0.05, 0.1) is 38.6 Å². The summed E-state index contributed by atoms with van der Waals surface area (Å²) in [4.78, 5) is 16.3. The Morgan fingerprint density at radius 2 is 2.42 bits per heavy atom. The maximum Gasteiger partial charge on any atom is 0.315 e. The van der Waals surface area contributed by atoms with Crippen molar-refractivity contribution in [3.63, 3.8) is 0 Å². The summed E-state index contributed by atoms with van der Waals surface area (Å²) in [6.07, 6.45) is 4.99. The van der Waals surface area contributed by atoms with Crippen LogP contribution in [0.1, 0.15) is 11.6 Å². The first-order valence-corrected chi connectivity index (χ1v) is 8.13. The molecule has 1 fully saturated rings. The quantitative estimate of drug-likeness (QED) is 0.777. The molecule has 0 aromatic carbocycles. The molecule has 0 spiro atoms. The SMILES string of the molecule is COc1ncc(Br)cc1CNC(=O)N[C@H]1COC[C@H]1n1ccnn1. The molecule has 2 aromatic heterocycles. The molecule has 10 heteroatoms. The van der Waals surface area contributed by atoms with Crippen molar-refractivity contribution in [1.82, 2.24) is 30.6 Å². The van der Waals surface area contributed by atoms with Crippen molar-refractivity contribution in [3.8, 4) is 5.88 Å². The van der Waals surface area contributed by atoms with Crippen molar-refractivity contribution >= 4 is 22.0 Å².